The van der Waals surface area contributed by atoms with Gasteiger partial charge in [-0.1, -0.05) is 24.3 Å². The number of fused-ring (bicyclic) bond motifs is 1. The number of aromatic hydroxyl groups is 1. The van der Waals surface area contributed by atoms with Crippen LogP contribution in [0, 0.1) is 0 Å². The summed E-state index contributed by atoms with van der Waals surface area (Å²) in [4.78, 5) is 8.91. The van der Waals surface area contributed by atoms with E-state index < -0.39 is 0 Å². The number of rotatable bonds is 5. The van der Waals surface area contributed by atoms with Gasteiger partial charge < -0.3 is 15.2 Å². The van der Waals surface area contributed by atoms with Crippen LogP contribution in [0.4, 0.5) is 5.82 Å². The van der Waals surface area contributed by atoms with Crippen molar-refractivity contribution in [3.05, 3.63) is 72.7 Å². The van der Waals surface area contributed by atoms with Gasteiger partial charge in [0.25, 0.3) is 0 Å². The van der Waals surface area contributed by atoms with E-state index in [1.165, 1.54) is 0 Å². The number of nitrogens with zero attached hydrogens (tertiary/aromatic N) is 3. The minimum atomic E-state index is 0.226. The number of benzene rings is 2. The van der Waals surface area contributed by atoms with Crippen LogP contribution in [0.1, 0.15) is 5.56 Å². The zero-order valence-electron chi connectivity index (χ0n) is 14.3. The molecular formula is C20H18N4O2. The number of ether oxygens (including phenoxy) is 1. The second kappa shape index (κ2) is 6.76. The molecule has 130 valence electrons. The smallest absolute Gasteiger partial charge is 0.180 e. The summed E-state index contributed by atoms with van der Waals surface area (Å²) in [6, 6.07) is 15.0. The van der Waals surface area contributed by atoms with Crippen LogP contribution in [0.3, 0.4) is 0 Å². The van der Waals surface area contributed by atoms with Crippen LogP contribution in [-0.4, -0.2) is 26.6 Å². The van der Waals surface area contributed by atoms with Crippen molar-refractivity contribution in [1.82, 2.24) is 14.4 Å². The fourth-order valence-corrected chi connectivity index (χ4v) is 2.85. The molecule has 0 saturated heterocycles. The highest BCUT2D eigenvalue weighted by molar-refractivity contribution is 5.71. The molecule has 0 aliphatic rings. The summed E-state index contributed by atoms with van der Waals surface area (Å²) in [6.45, 7) is 0.630. The normalized spacial score (nSPS) is 10.8. The molecular weight excluding hydrogens is 328 g/mol. The van der Waals surface area contributed by atoms with Gasteiger partial charge in [-0.2, -0.15) is 0 Å². The van der Waals surface area contributed by atoms with Gasteiger partial charge in [0, 0.05) is 24.5 Å². The Labute approximate surface area is 150 Å². The van der Waals surface area contributed by atoms with Gasteiger partial charge in [0.05, 0.1) is 19.0 Å². The van der Waals surface area contributed by atoms with Crippen molar-refractivity contribution in [2.45, 2.75) is 6.54 Å². The fraction of sp³-hybridized carbons (Fsp3) is 0.100. The van der Waals surface area contributed by atoms with E-state index in [2.05, 4.69) is 15.3 Å². The van der Waals surface area contributed by atoms with E-state index in [4.69, 9.17) is 4.74 Å². The molecule has 0 atom stereocenters. The molecule has 2 N–H and O–H groups in total. The lowest BCUT2D eigenvalue weighted by molar-refractivity contribution is 0.414. The molecule has 2 heterocycles. The Bertz CT molecular complexity index is 1040. The van der Waals surface area contributed by atoms with E-state index in [0.29, 0.717) is 12.4 Å². The first-order valence-electron chi connectivity index (χ1n) is 8.23. The molecule has 0 unspecified atom stereocenters. The van der Waals surface area contributed by atoms with E-state index in [9.17, 15) is 5.11 Å². The molecule has 0 bridgehead atoms. The number of phenolic OH excluding ortho intramolecular Hbond substituents is 1. The van der Waals surface area contributed by atoms with Crippen LogP contribution < -0.4 is 10.1 Å². The Balaban J connectivity index is 1.62. The van der Waals surface area contributed by atoms with Crippen molar-refractivity contribution >= 4 is 11.5 Å². The Morgan fingerprint density at radius 1 is 1.12 bits per heavy atom. The van der Waals surface area contributed by atoms with Crippen molar-refractivity contribution < 1.29 is 9.84 Å². The summed E-state index contributed by atoms with van der Waals surface area (Å²) < 4.78 is 7.14. The van der Waals surface area contributed by atoms with Gasteiger partial charge in [0.15, 0.2) is 11.5 Å². The SMILES string of the molecule is COc1ccc(CNc2nccn3c(-c4cccc(O)c4)cnc23)cc1. The minimum Gasteiger partial charge on any atom is -0.508 e. The Morgan fingerprint density at radius 3 is 2.73 bits per heavy atom. The molecule has 0 radical (unpaired) electrons. The molecule has 6 heteroatoms. The van der Waals surface area contributed by atoms with Crippen LogP contribution in [-0.2, 0) is 6.54 Å². The maximum absolute atomic E-state index is 9.72. The summed E-state index contributed by atoms with van der Waals surface area (Å²) in [7, 11) is 1.65. The quantitative estimate of drug-likeness (QED) is 0.576. The van der Waals surface area contributed by atoms with Crippen LogP contribution in [0.15, 0.2) is 67.1 Å². The number of hydrogen-bond donors (Lipinski definition) is 2. The summed E-state index contributed by atoms with van der Waals surface area (Å²) in [5.74, 6) is 1.76. The Hall–Kier alpha value is -3.54. The maximum Gasteiger partial charge on any atom is 0.180 e. The third kappa shape index (κ3) is 3.04. The second-order valence-corrected chi connectivity index (χ2v) is 5.86. The minimum absolute atomic E-state index is 0.226. The van der Waals surface area contributed by atoms with E-state index in [0.717, 1.165) is 28.2 Å². The molecule has 0 fully saturated rings. The second-order valence-electron chi connectivity index (χ2n) is 5.86. The number of anilines is 1. The van der Waals surface area contributed by atoms with E-state index in [1.807, 2.05) is 47.0 Å². The van der Waals surface area contributed by atoms with E-state index >= 15 is 0 Å². The van der Waals surface area contributed by atoms with Crippen LogP contribution in [0.5, 0.6) is 11.5 Å². The van der Waals surface area contributed by atoms with Gasteiger partial charge in [-0.05, 0) is 29.8 Å². The highest BCUT2D eigenvalue weighted by Gasteiger charge is 2.10. The largest absolute Gasteiger partial charge is 0.508 e. The number of methoxy groups -OCH3 is 1. The first-order valence-corrected chi connectivity index (χ1v) is 8.23. The topological polar surface area (TPSA) is 71.7 Å². The first kappa shape index (κ1) is 16.0. The number of aromatic nitrogens is 3. The highest BCUT2D eigenvalue weighted by Crippen LogP contribution is 2.26. The summed E-state index contributed by atoms with van der Waals surface area (Å²) in [6.07, 6.45) is 5.38. The number of hydrogen-bond acceptors (Lipinski definition) is 5. The summed E-state index contributed by atoms with van der Waals surface area (Å²) >= 11 is 0. The highest BCUT2D eigenvalue weighted by atomic mass is 16.5. The van der Waals surface area contributed by atoms with Crippen LogP contribution >= 0.6 is 0 Å². The third-order valence-electron chi connectivity index (χ3n) is 4.19. The van der Waals surface area contributed by atoms with E-state index in [-0.39, 0.29) is 5.75 Å². The third-order valence-corrected chi connectivity index (χ3v) is 4.19. The molecule has 4 rings (SSSR count). The molecule has 26 heavy (non-hydrogen) atoms. The van der Waals surface area contributed by atoms with Gasteiger partial charge in [-0.3, -0.25) is 4.40 Å². The molecule has 4 aromatic rings. The zero-order valence-corrected chi connectivity index (χ0v) is 14.3. The average molecular weight is 346 g/mol. The van der Waals surface area contributed by atoms with Gasteiger partial charge in [0.1, 0.15) is 11.5 Å². The van der Waals surface area contributed by atoms with Gasteiger partial charge in [0.2, 0.25) is 0 Å². The standard InChI is InChI=1S/C20H18N4O2/c1-26-17-7-5-14(6-8-17)12-22-19-20-23-13-18(24(20)10-9-21-19)15-3-2-4-16(25)11-15/h2-11,13,25H,12H2,1H3,(H,21,22). The summed E-state index contributed by atoms with van der Waals surface area (Å²) in [5.41, 5.74) is 3.64. The van der Waals surface area contributed by atoms with Crippen molar-refractivity contribution in [3.8, 4) is 22.8 Å². The monoisotopic (exact) mass is 346 g/mol. The van der Waals surface area contributed by atoms with Crippen molar-refractivity contribution in [2.75, 3.05) is 12.4 Å². The number of imidazole rings is 1. The van der Waals surface area contributed by atoms with E-state index in [1.54, 1.807) is 31.6 Å². The lowest BCUT2D eigenvalue weighted by Crippen LogP contribution is -2.04. The molecule has 6 nitrogen and oxygen atoms in total. The van der Waals surface area contributed by atoms with Crippen LogP contribution in [0.25, 0.3) is 16.9 Å². The van der Waals surface area contributed by atoms with Crippen molar-refractivity contribution in [2.24, 2.45) is 0 Å². The van der Waals surface area contributed by atoms with Crippen molar-refractivity contribution in [3.63, 3.8) is 0 Å². The number of nitrogens with one attached hydrogen (secondary N) is 1. The molecule has 2 aromatic carbocycles. The van der Waals surface area contributed by atoms with Gasteiger partial charge in [-0.25, -0.2) is 9.97 Å². The molecule has 0 saturated carbocycles. The van der Waals surface area contributed by atoms with Gasteiger partial charge >= 0.3 is 0 Å². The first-order chi connectivity index (χ1) is 12.7. The maximum atomic E-state index is 9.72. The van der Waals surface area contributed by atoms with Crippen LogP contribution in [0.2, 0.25) is 0 Å². The van der Waals surface area contributed by atoms with Crippen molar-refractivity contribution in [1.29, 1.82) is 0 Å². The molecule has 0 aliphatic carbocycles. The van der Waals surface area contributed by atoms with Gasteiger partial charge in [-0.15, -0.1) is 0 Å². The number of phenols is 1. The predicted molar refractivity (Wildman–Crippen MR) is 100 cm³/mol. The lowest BCUT2D eigenvalue weighted by atomic mass is 10.1. The lowest BCUT2D eigenvalue weighted by Gasteiger charge is -2.08. The average Bonchev–Trinajstić information content (AvgIpc) is 3.11. The zero-order chi connectivity index (χ0) is 17.9. The fourth-order valence-electron chi connectivity index (χ4n) is 2.85. The Kier molecular flexibility index (Phi) is 4.15. The molecule has 0 amide bonds. The molecule has 2 aromatic heterocycles. The Morgan fingerprint density at radius 2 is 1.96 bits per heavy atom. The molecule has 0 spiro atoms. The predicted octanol–water partition coefficient (Wildman–Crippen LogP) is 3.72. The molecule has 0 aliphatic heterocycles. The summed E-state index contributed by atoms with van der Waals surface area (Å²) in [5, 5.41) is 13.1.